The maximum atomic E-state index is 11.5. The number of nitro groups is 1. The Morgan fingerprint density at radius 1 is 1.39 bits per heavy atom. The van der Waals surface area contributed by atoms with Gasteiger partial charge in [0.1, 0.15) is 5.60 Å². The van der Waals surface area contributed by atoms with E-state index in [0.717, 1.165) is 11.8 Å². The summed E-state index contributed by atoms with van der Waals surface area (Å²) < 4.78 is 5.13. The highest BCUT2D eigenvalue weighted by molar-refractivity contribution is 8.00. The van der Waals surface area contributed by atoms with Crippen molar-refractivity contribution in [3.8, 4) is 0 Å². The molecule has 0 bridgehead atoms. The molecule has 0 atom stereocenters. The summed E-state index contributed by atoms with van der Waals surface area (Å²) in [6, 6.07) is 6.32. The van der Waals surface area contributed by atoms with Crippen LogP contribution >= 0.6 is 11.8 Å². The van der Waals surface area contributed by atoms with E-state index in [4.69, 9.17) is 4.74 Å². The van der Waals surface area contributed by atoms with Gasteiger partial charge in [-0.2, -0.15) is 0 Å². The highest BCUT2D eigenvalue weighted by atomic mass is 32.2. The molecule has 1 rings (SSSR count). The first-order valence-corrected chi connectivity index (χ1v) is 6.36. The van der Waals surface area contributed by atoms with Crippen molar-refractivity contribution in [2.45, 2.75) is 31.3 Å². The molecule has 0 aliphatic carbocycles. The van der Waals surface area contributed by atoms with Gasteiger partial charge in [-0.15, -0.1) is 11.8 Å². The molecule has 1 aromatic carbocycles. The Hall–Kier alpha value is -1.56. The van der Waals surface area contributed by atoms with Crippen LogP contribution in [0.4, 0.5) is 5.69 Å². The summed E-state index contributed by atoms with van der Waals surface area (Å²) in [6.45, 7) is 5.33. The second kappa shape index (κ2) is 5.86. The van der Waals surface area contributed by atoms with Crippen LogP contribution in [0.1, 0.15) is 20.8 Å². The van der Waals surface area contributed by atoms with Crippen molar-refractivity contribution < 1.29 is 14.5 Å². The molecule has 0 saturated carbocycles. The van der Waals surface area contributed by atoms with Gasteiger partial charge in [-0.05, 0) is 26.8 Å². The summed E-state index contributed by atoms with van der Waals surface area (Å²) in [4.78, 5) is 22.3. The third kappa shape index (κ3) is 4.75. The molecule has 0 N–H and O–H groups in total. The van der Waals surface area contributed by atoms with Gasteiger partial charge in [0, 0.05) is 6.07 Å². The van der Waals surface area contributed by atoms with Gasteiger partial charge in [0.25, 0.3) is 5.69 Å². The van der Waals surface area contributed by atoms with Gasteiger partial charge in [-0.25, -0.2) is 0 Å². The maximum Gasteiger partial charge on any atom is 0.316 e. The number of para-hydroxylation sites is 1. The molecule has 5 nitrogen and oxygen atoms in total. The van der Waals surface area contributed by atoms with Crippen molar-refractivity contribution in [3.63, 3.8) is 0 Å². The lowest BCUT2D eigenvalue weighted by Gasteiger charge is -2.19. The highest BCUT2D eigenvalue weighted by Gasteiger charge is 2.18. The van der Waals surface area contributed by atoms with Gasteiger partial charge < -0.3 is 4.74 Å². The quantitative estimate of drug-likeness (QED) is 0.363. The zero-order valence-corrected chi connectivity index (χ0v) is 11.3. The molecule has 98 valence electrons. The van der Waals surface area contributed by atoms with Crippen LogP contribution in [0.25, 0.3) is 0 Å². The molecule has 0 amide bonds. The SMILES string of the molecule is CC(C)(C)OC(=O)CSc1ccccc1[N+](=O)[O-]. The van der Waals surface area contributed by atoms with Gasteiger partial charge in [-0.1, -0.05) is 12.1 Å². The van der Waals surface area contributed by atoms with E-state index < -0.39 is 10.5 Å². The fourth-order valence-corrected chi connectivity index (χ4v) is 2.04. The van der Waals surface area contributed by atoms with E-state index in [-0.39, 0.29) is 17.4 Å². The topological polar surface area (TPSA) is 69.4 Å². The predicted molar refractivity (Wildman–Crippen MR) is 69.7 cm³/mol. The van der Waals surface area contributed by atoms with Crippen LogP contribution in [0.15, 0.2) is 29.2 Å². The molecule has 0 radical (unpaired) electrons. The normalized spacial score (nSPS) is 11.1. The highest BCUT2D eigenvalue weighted by Crippen LogP contribution is 2.28. The molecule has 0 aromatic heterocycles. The number of hydrogen-bond acceptors (Lipinski definition) is 5. The Morgan fingerprint density at radius 2 is 2.00 bits per heavy atom. The summed E-state index contributed by atoms with van der Waals surface area (Å²) in [5.41, 5.74) is -0.536. The molecular weight excluding hydrogens is 254 g/mol. The summed E-state index contributed by atoms with van der Waals surface area (Å²) >= 11 is 1.11. The lowest BCUT2D eigenvalue weighted by Crippen LogP contribution is -2.24. The first-order valence-electron chi connectivity index (χ1n) is 5.37. The van der Waals surface area contributed by atoms with E-state index in [1.54, 1.807) is 39.0 Å². The molecular formula is C12H15NO4S. The zero-order valence-electron chi connectivity index (χ0n) is 10.5. The number of carbonyl (C=O) groups excluding carboxylic acids is 1. The standard InChI is InChI=1S/C12H15NO4S/c1-12(2,3)17-11(14)8-18-10-7-5-4-6-9(10)13(15)16/h4-7H,8H2,1-3H3. The van der Waals surface area contributed by atoms with Crippen LogP contribution in [0.3, 0.4) is 0 Å². The number of ether oxygens (including phenoxy) is 1. The maximum absolute atomic E-state index is 11.5. The molecule has 0 spiro atoms. The van der Waals surface area contributed by atoms with E-state index >= 15 is 0 Å². The van der Waals surface area contributed by atoms with Gasteiger partial charge in [-0.3, -0.25) is 14.9 Å². The number of nitro benzene ring substituents is 1. The smallest absolute Gasteiger partial charge is 0.316 e. The van der Waals surface area contributed by atoms with Crippen LogP contribution in [0, 0.1) is 10.1 Å². The Morgan fingerprint density at radius 3 is 2.56 bits per heavy atom. The summed E-state index contributed by atoms with van der Waals surface area (Å²) in [6.07, 6.45) is 0. The number of esters is 1. The molecule has 6 heteroatoms. The second-order valence-electron chi connectivity index (χ2n) is 4.60. The van der Waals surface area contributed by atoms with Crippen LogP contribution in [0.5, 0.6) is 0 Å². The fraction of sp³-hybridized carbons (Fsp3) is 0.417. The lowest BCUT2D eigenvalue weighted by molar-refractivity contribution is -0.387. The van der Waals surface area contributed by atoms with Gasteiger partial charge in [0.15, 0.2) is 0 Å². The molecule has 0 saturated heterocycles. The van der Waals surface area contributed by atoms with Crippen LogP contribution in [0.2, 0.25) is 0 Å². The molecule has 1 aromatic rings. The van der Waals surface area contributed by atoms with Crippen molar-refractivity contribution in [2.24, 2.45) is 0 Å². The fourth-order valence-electron chi connectivity index (χ4n) is 1.24. The number of rotatable bonds is 4. The largest absolute Gasteiger partial charge is 0.459 e. The molecule has 0 aliphatic rings. The molecule has 0 unspecified atom stereocenters. The van der Waals surface area contributed by atoms with Gasteiger partial charge in [0.05, 0.1) is 15.6 Å². The van der Waals surface area contributed by atoms with E-state index in [0.29, 0.717) is 4.90 Å². The summed E-state index contributed by atoms with van der Waals surface area (Å²) in [7, 11) is 0. The van der Waals surface area contributed by atoms with Crippen LogP contribution < -0.4 is 0 Å². The summed E-state index contributed by atoms with van der Waals surface area (Å²) in [5, 5.41) is 10.8. The van der Waals surface area contributed by atoms with Crippen molar-refractivity contribution in [1.29, 1.82) is 0 Å². The van der Waals surface area contributed by atoms with Crippen molar-refractivity contribution in [2.75, 3.05) is 5.75 Å². The van der Waals surface area contributed by atoms with E-state index in [2.05, 4.69) is 0 Å². The summed E-state index contributed by atoms with van der Waals surface area (Å²) in [5.74, 6) is -0.326. The van der Waals surface area contributed by atoms with E-state index in [1.165, 1.54) is 6.07 Å². The van der Waals surface area contributed by atoms with Gasteiger partial charge in [0.2, 0.25) is 0 Å². The number of thioether (sulfide) groups is 1. The zero-order chi connectivity index (χ0) is 13.8. The Balaban J connectivity index is 2.64. The van der Waals surface area contributed by atoms with Crippen molar-refractivity contribution >= 4 is 23.4 Å². The third-order valence-corrected chi connectivity index (χ3v) is 2.86. The molecule has 0 aliphatic heterocycles. The first-order chi connectivity index (χ1) is 8.29. The van der Waals surface area contributed by atoms with Crippen molar-refractivity contribution in [3.05, 3.63) is 34.4 Å². The average Bonchev–Trinajstić information content (AvgIpc) is 2.24. The first kappa shape index (κ1) is 14.5. The monoisotopic (exact) mass is 269 g/mol. The number of nitrogens with zero attached hydrogens (tertiary/aromatic N) is 1. The third-order valence-electron chi connectivity index (χ3n) is 1.83. The van der Waals surface area contributed by atoms with Crippen molar-refractivity contribution in [1.82, 2.24) is 0 Å². The minimum absolute atomic E-state index is 0.00561. The van der Waals surface area contributed by atoms with E-state index in [9.17, 15) is 14.9 Å². The minimum atomic E-state index is -0.541. The molecule has 18 heavy (non-hydrogen) atoms. The average molecular weight is 269 g/mol. The lowest BCUT2D eigenvalue weighted by atomic mass is 10.2. The van der Waals surface area contributed by atoms with E-state index in [1.807, 2.05) is 0 Å². The Kier molecular flexibility index (Phi) is 4.72. The number of carbonyl (C=O) groups is 1. The van der Waals surface area contributed by atoms with Crippen LogP contribution in [-0.4, -0.2) is 22.2 Å². The number of hydrogen-bond donors (Lipinski definition) is 0. The molecule has 0 heterocycles. The second-order valence-corrected chi connectivity index (χ2v) is 5.62. The Labute approximate surface area is 110 Å². The minimum Gasteiger partial charge on any atom is -0.459 e. The number of benzene rings is 1. The Bertz CT molecular complexity index is 454. The van der Waals surface area contributed by atoms with Gasteiger partial charge >= 0.3 is 5.97 Å². The van der Waals surface area contributed by atoms with Crippen LogP contribution in [-0.2, 0) is 9.53 Å². The predicted octanol–water partition coefficient (Wildman–Crippen LogP) is 3.03. The molecule has 0 fully saturated rings.